The highest BCUT2D eigenvalue weighted by atomic mass is 79.9. The molecule has 0 aliphatic rings. The molecule has 0 heterocycles. The van der Waals surface area contributed by atoms with Crippen LogP contribution >= 0.6 is 15.9 Å². The quantitative estimate of drug-likeness (QED) is 0.746. The van der Waals surface area contributed by atoms with Gasteiger partial charge in [0.2, 0.25) is 5.91 Å². The number of carbonyl (C=O) groups is 1. The van der Waals surface area contributed by atoms with Crippen LogP contribution in [0.1, 0.15) is 33.6 Å². The fourth-order valence-corrected chi connectivity index (χ4v) is 3.83. The van der Waals surface area contributed by atoms with E-state index in [-0.39, 0.29) is 16.6 Å². The van der Waals surface area contributed by atoms with Crippen molar-refractivity contribution in [1.29, 1.82) is 0 Å². The van der Waals surface area contributed by atoms with Gasteiger partial charge < -0.3 is 11.1 Å². The largest absolute Gasteiger partial charge is 0.398 e. The zero-order valence-electron chi connectivity index (χ0n) is 12.4. The van der Waals surface area contributed by atoms with Gasteiger partial charge in [-0.2, -0.15) is 0 Å². The van der Waals surface area contributed by atoms with Crippen LogP contribution in [0.15, 0.2) is 27.6 Å². The normalized spacial score (nSPS) is 13.2. The molecule has 1 amide bonds. The number of nitrogens with one attached hydrogen (secondary N) is 1. The monoisotopic (exact) mass is 376 g/mol. The van der Waals surface area contributed by atoms with Crippen LogP contribution in [0.25, 0.3) is 0 Å². The summed E-state index contributed by atoms with van der Waals surface area (Å²) in [5.41, 5.74) is 5.87. The Morgan fingerprint density at radius 3 is 2.43 bits per heavy atom. The summed E-state index contributed by atoms with van der Waals surface area (Å²) in [6.45, 7) is 5.27. The Kier molecular flexibility index (Phi) is 6.22. The number of nitrogen functional groups attached to an aromatic ring is 1. The molecule has 5 nitrogen and oxygen atoms in total. The molecule has 118 valence electrons. The van der Waals surface area contributed by atoms with E-state index < -0.39 is 21.0 Å². The SMILES string of the molecule is CCC(CC)NC(=O)C(C)S(=O)(=O)c1cc(Br)ccc1N. The molecule has 1 aromatic rings. The van der Waals surface area contributed by atoms with Gasteiger partial charge in [-0.1, -0.05) is 29.8 Å². The first-order valence-corrected chi connectivity index (χ1v) is 9.17. The maximum absolute atomic E-state index is 12.5. The van der Waals surface area contributed by atoms with Crippen LogP contribution in [0.4, 0.5) is 5.69 Å². The second-order valence-electron chi connectivity index (χ2n) is 4.89. The van der Waals surface area contributed by atoms with Gasteiger partial charge in [0.15, 0.2) is 9.84 Å². The number of carbonyl (C=O) groups excluding carboxylic acids is 1. The van der Waals surface area contributed by atoms with Crippen molar-refractivity contribution in [2.24, 2.45) is 0 Å². The lowest BCUT2D eigenvalue weighted by molar-refractivity contribution is -0.121. The molecule has 0 bridgehead atoms. The Labute approximate surface area is 134 Å². The second-order valence-corrected chi connectivity index (χ2v) is 8.04. The number of amides is 1. The van der Waals surface area contributed by atoms with E-state index in [4.69, 9.17) is 5.73 Å². The molecule has 0 spiro atoms. The molecule has 0 fully saturated rings. The molecule has 0 aromatic heterocycles. The number of halogens is 1. The predicted molar refractivity (Wildman–Crippen MR) is 87.7 cm³/mol. The zero-order chi connectivity index (χ0) is 16.2. The number of benzene rings is 1. The van der Waals surface area contributed by atoms with Crippen molar-refractivity contribution in [3.8, 4) is 0 Å². The van der Waals surface area contributed by atoms with Gasteiger partial charge in [-0.25, -0.2) is 8.42 Å². The van der Waals surface area contributed by atoms with E-state index >= 15 is 0 Å². The van der Waals surface area contributed by atoms with Crippen molar-refractivity contribution in [2.75, 3.05) is 5.73 Å². The van der Waals surface area contributed by atoms with Gasteiger partial charge in [0.25, 0.3) is 0 Å². The van der Waals surface area contributed by atoms with Crippen LogP contribution in [-0.4, -0.2) is 25.6 Å². The molecule has 1 aromatic carbocycles. The molecule has 7 heteroatoms. The minimum atomic E-state index is -3.82. The van der Waals surface area contributed by atoms with E-state index in [9.17, 15) is 13.2 Å². The van der Waals surface area contributed by atoms with Crippen LogP contribution in [0.5, 0.6) is 0 Å². The average molecular weight is 377 g/mol. The third-order valence-corrected chi connectivity index (χ3v) is 6.05. The predicted octanol–water partition coefficient (Wildman–Crippen LogP) is 2.50. The summed E-state index contributed by atoms with van der Waals surface area (Å²) >= 11 is 3.22. The molecule has 0 saturated heterocycles. The summed E-state index contributed by atoms with van der Waals surface area (Å²) in [5, 5.41) is 1.57. The van der Waals surface area contributed by atoms with Gasteiger partial charge in [0.05, 0.1) is 10.6 Å². The topological polar surface area (TPSA) is 89.3 Å². The van der Waals surface area contributed by atoms with Gasteiger partial charge in [0.1, 0.15) is 5.25 Å². The summed E-state index contributed by atoms with van der Waals surface area (Å²) < 4.78 is 25.7. The van der Waals surface area contributed by atoms with Crippen molar-refractivity contribution < 1.29 is 13.2 Å². The molecule has 0 aliphatic carbocycles. The fourth-order valence-electron chi connectivity index (χ4n) is 1.90. The molecule has 0 aliphatic heterocycles. The van der Waals surface area contributed by atoms with Crippen LogP contribution in [0, 0.1) is 0 Å². The van der Waals surface area contributed by atoms with E-state index in [1.807, 2.05) is 13.8 Å². The number of anilines is 1. The van der Waals surface area contributed by atoms with Gasteiger partial charge in [0, 0.05) is 10.5 Å². The number of sulfone groups is 1. The number of nitrogens with two attached hydrogens (primary N) is 1. The third kappa shape index (κ3) is 4.20. The summed E-state index contributed by atoms with van der Waals surface area (Å²) in [4.78, 5) is 12.1. The Balaban J connectivity index is 3.07. The highest BCUT2D eigenvalue weighted by molar-refractivity contribution is 9.10. The first-order chi connectivity index (χ1) is 9.73. The minimum Gasteiger partial charge on any atom is -0.398 e. The highest BCUT2D eigenvalue weighted by Gasteiger charge is 2.32. The summed E-state index contributed by atoms with van der Waals surface area (Å²) in [6.07, 6.45) is 1.52. The number of hydrogen-bond donors (Lipinski definition) is 2. The van der Waals surface area contributed by atoms with Crippen molar-refractivity contribution in [2.45, 2.75) is 49.8 Å². The minimum absolute atomic E-state index is 0.0185. The summed E-state index contributed by atoms with van der Waals surface area (Å²) in [6, 6.07) is 4.56. The van der Waals surface area contributed by atoms with Crippen LogP contribution in [-0.2, 0) is 14.6 Å². The van der Waals surface area contributed by atoms with E-state index in [0.717, 1.165) is 12.8 Å². The van der Waals surface area contributed by atoms with Crippen LogP contribution in [0.2, 0.25) is 0 Å². The van der Waals surface area contributed by atoms with Gasteiger partial charge >= 0.3 is 0 Å². The lowest BCUT2D eigenvalue weighted by Crippen LogP contribution is -2.43. The Morgan fingerprint density at radius 2 is 1.90 bits per heavy atom. The van der Waals surface area contributed by atoms with Gasteiger partial charge in [-0.15, -0.1) is 0 Å². The van der Waals surface area contributed by atoms with Crippen LogP contribution < -0.4 is 11.1 Å². The maximum atomic E-state index is 12.5. The van der Waals surface area contributed by atoms with Crippen LogP contribution in [0.3, 0.4) is 0 Å². The molecule has 1 rings (SSSR count). The molecule has 0 radical (unpaired) electrons. The smallest absolute Gasteiger partial charge is 0.238 e. The van der Waals surface area contributed by atoms with Crippen molar-refractivity contribution in [3.63, 3.8) is 0 Å². The molecule has 1 atom stereocenters. The highest BCUT2D eigenvalue weighted by Crippen LogP contribution is 2.26. The Bertz CT molecular complexity index is 613. The van der Waals surface area contributed by atoms with Gasteiger partial charge in [-0.3, -0.25) is 4.79 Å². The molecular formula is C14H21BrN2O3S. The van der Waals surface area contributed by atoms with Crippen molar-refractivity contribution in [3.05, 3.63) is 22.7 Å². The molecule has 21 heavy (non-hydrogen) atoms. The van der Waals surface area contributed by atoms with E-state index in [1.165, 1.54) is 19.1 Å². The summed E-state index contributed by atoms with van der Waals surface area (Å²) in [5.74, 6) is -0.497. The average Bonchev–Trinajstić information content (AvgIpc) is 2.45. The van der Waals surface area contributed by atoms with Crippen molar-refractivity contribution in [1.82, 2.24) is 5.32 Å². The zero-order valence-corrected chi connectivity index (χ0v) is 14.8. The maximum Gasteiger partial charge on any atom is 0.238 e. The number of hydrogen-bond acceptors (Lipinski definition) is 4. The second kappa shape index (κ2) is 7.26. The lowest BCUT2D eigenvalue weighted by atomic mass is 10.2. The molecule has 1 unspecified atom stereocenters. The number of rotatable bonds is 6. The molecule has 0 saturated carbocycles. The third-order valence-electron chi connectivity index (χ3n) is 3.45. The van der Waals surface area contributed by atoms with E-state index in [0.29, 0.717) is 4.47 Å². The molecular weight excluding hydrogens is 356 g/mol. The van der Waals surface area contributed by atoms with E-state index in [1.54, 1.807) is 6.07 Å². The van der Waals surface area contributed by atoms with E-state index in [2.05, 4.69) is 21.2 Å². The Morgan fingerprint density at radius 1 is 1.33 bits per heavy atom. The van der Waals surface area contributed by atoms with Gasteiger partial charge in [-0.05, 0) is 38.0 Å². The lowest BCUT2D eigenvalue weighted by Gasteiger charge is -2.19. The first kappa shape index (κ1) is 18.0. The summed E-state index contributed by atoms with van der Waals surface area (Å²) in [7, 11) is -3.82. The van der Waals surface area contributed by atoms with Crippen molar-refractivity contribution >= 4 is 37.4 Å². The Hall–Kier alpha value is -1.08. The standard InChI is InChI=1S/C14H21BrN2O3S/c1-4-11(5-2)17-14(18)9(3)21(19,20)13-8-10(15)6-7-12(13)16/h6-9,11H,4-5,16H2,1-3H3,(H,17,18). The first-order valence-electron chi connectivity index (χ1n) is 6.83. The fraction of sp³-hybridized carbons (Fsp3) is 0.500. The molecule has 3 N–H and O–H groups in total.